The van der Waals surface area contributed by atoms with Crippen LogP contribution in [0, 0.1) is 5.82 Å². The number of anilines is 1. The molecular formula is C19H21FN2O4. The maximum atomic E-state index is 13.8. The second-order valence-corrected chi connectivity index (χ2v) is 6.22. The second kappa shape index (κ2) is 7.21. The highest BCUT2D eigenvalue weighted by Crippen LogP contribution is 2.35. The molecule has 138 valence electrons. The van der Waals surface area contributed by atoms with Crippen LogP contribution in [0.3, 0.4) is 0 Å². The van der Waals surface area contributed by atoms with Crippen LogP contribution < -0.4 is 15.2 Å². The molecule has 2 aromatic carbocycles. The monoisotopic (exact) mass is 360 g/mol. The van der Waals surface area contributed by atoms with Crippen molar-refractivity contribution in [2.24, 2.45) is 0 Å². The number of benzene rings is 2. The summed E-state index contributed by atoms with van der Waals surface area (Å²) in [6.07, 6.45) is 0.664. The normalized spacial score (nSPS) is 15.2. The fourth-order valence-electron chi connectivity index (χ4n) is 3.35. The molecule has 1 unspecified atom stereocenters. The van der Waals surface area contributed by atoms with Gasteiger partial charge in [-0.2, -0.15) is 0 Å². The van der Waals surface area contributed by atoms with E-state index in [9.17, 15) is 14.3 Å². The van der Waals surface area contributed by atoms with Crippen LogP contribution in [0.1, 0.15) is 22.7 Å². The number of methoxy groups -OCH3 is 2. The van der Waals surface area contributed by atoms with E-state index in [-0.39, 0.29) is 5.69 Å². The molecule has 1 heterocycles. The molecule has 26 heavy (non-hydrogen) atoms. The number of ether oxygens (including phenoxy) is 2. The van der Waals surface area contributed by atoms with Gasteiger partial charge in [0.05, 0.1) is 19.9 Å². The largest absolute Gasteiger partial charge is 0.493 e. The molecule has 3 rings (SSSR count). The van der Waals surface area contributed by atoms with Crippen molar-refractivity contribution in [3.63, 3.8) is 0 Å². The van der Waals surface area contributed by atoms with Gasteiger partial charge in [-0.1, -0.05) is 6.07 Å². The van der Waals surface area contributed by atoms with Crippen molar-refractivity contribution in [1.29, 1.82) is 0 Å². The van der Waals surface area contributed by atoms with Crippen molar-refractivity contribution in [1.82, 2.24) is 4.90 Å². The first-order valence-corrected chi connectivity index (χ1v) is 8.20. The molecule has 7 heteroatoms. The molecule has 1 atom stereocenters. The lowest BCUT2D eigenvalue weighted by atomic mass is 9.95. The van der Waals surface area contributed by atoms with Gasteiger partial charge < -0.3 is 20.3 Å². The first-order valence-electron chi connectivity index (χ1n) is 8.20. The van der Waals surface area contributed by atoms with E-state index in [0.717, 1.165) is 11.1 Å². The molecule has 0 saturated heterocycles. The molecule has 0 radical (unpaired) electrons. The summed E-state index contributed by atoms with van der Waals surface area (Å²) in [5.74, 6) is -0.399. The lowest BCUT2D eigenvalue weighted by Crippen LogP contribution is -2.38. The third-order valence-electron chi connectivity index (χ3n) is 4.69. The molecule has 6 nitrogen and oxygen atoms in total. The van der Waals surface area contributed by atoms with Crippen LogP contribution in [0.4, 0.5) is 10.1 Å². The van der Waals surface area contributed by atoms with E-state index < -0.39 is 17.8 Å². The minimum atomic E-state index is -1.03. The van der Waals surface area contributed by atoms with E-state index >= 15 is 0 Å². The minimum absolute atomic E-state index is 0.00119. The number of halogens is 1. The topological polar surface area (TPSA) is 85.0 Å². The van der Waals surface area contributed by atoms with Crippen LogP contribution in [0.2, 0.25) is 0 Å². The van der Waals surface area contributed by atoms with E-state index in [0.29, 0.717) is 36.6 Å². The molecule has 0 amide bonds. The number of nitrogens with two attached hydrogens (primary N) is 1. The van der Waals surface area contributed by atoms with Crippen molar-refractivity contribution in [2.45, 2.75) is 19.0 Å². The van der Waals surface area contributed by atoms with Crippen LogP contribution in [-0.4, -0.2) is 36.7 Å². The Morgan fingerprint density at radius 1 is 1.19 bits per heavy atom. The van der Waals surface area contributed by atoms with Crippen molar-refractivity contribution in [3.05, 3.63) is 52.8 Å². The van der Waals surface area contributed by atoms with E-state index in [1.165, 1.54) is 12.1 Å². The zero-order valence-corrected chi connectivity index (χ0v) is 14.7. The predicted molar refractivity (Wildman–Crippen MR) is 94.8 cm³/mol. The molecule has 0 bridgehead atoms. The highest BCUT2D eigenvalue weighted by molar-refractivity contribution is 5.76. The molecule has 1 aliphatic rings. The highest BCUT2D eigenvalue weighted by atomic mass is 19.1. The predicted octanol–water partition coefficient (Wildman–Crippen LogP) is 2.61. The molecule has 0 fully saturated rings. The van der Waals surface area contributed by atoms with Gasteiger partial charge in [-0.25, -0.2) is 4.39 Å². The minimum Gasteiger partial charge on any atom is -0.493 e. The zero-order valence-electron chi connectivity index (χ0n) is 14.7. The Kier molecular flexibility index (Phi) is 4.99. The Balaban J connectivity index is 1.94. The average Bonchev–Trinajstić information content (AvgIpc) is 2.63. The summed E-state index contributed by atoms with van der Waals surface area (Å²) in [6.45, 7) is 0.949. The van der Waals surface area contributed by atoms with Crippen molar-refractivity contribution in [3.8, 4) is 11.5 Å². The van der Waals surface area contributed by atoms with Crippen LogP contribution >= 0.6 is 0 Å². The summed E-state index contributed by atoms with van der Waals surface area (Å²) in [5, 5.41) is 9.73. The summed E-state index contributed by atoms with van der Waals surface area (Å²) in [4.78, 5) is 13.7. The van der Waals surface area contributed by atoms with Crippen LogP contribution in [0.5, 0.6) is 11.5 Å². The molecule has 0 aliphatic carbocycles. The number of carboxylic acids is 1. The van der Waals surface area contributed by atoms with Gasteiger partial charge in [-0.3, -0.25) is 9.69 Å². The van der Waals surface area contributed by atoms with Crippen molar-refractivity contribution >= 4 is 11.7 Å². The number of aliphatic carboxylic acids is 1. The maximum absolute atomic E-state index is 13.8. The number of hydrogen-bond donors (Lipinski definition) is 2. The Bertz CT molecular complexity index is 841. The summed E-state index contributed by atoms with van der Waals surface area (Å²) in [7, 11) is 3.14. The third kappa shape index (κ3) is 3.30. The lowest BCUT2D eigenvalue weighted by Gasteiger charge is -2.34. The third-order valence-corrected chi connectivity index (χ3v) is 4.69. The van der Waals surface area contributed by atoms with Crippen LogP contribution in [0.15, 0.2) is 30.3 Å². The van der Waals surface area contributed by atoms with Gasteiger partial charge >= 0.3 is 5.97 Å². The number of carboxylic acid groups (broad SMARTS) is 1. The van der Waals surface area contributed by atoms with Crippen molar-refractivity contribution in [2.75, 3.05) is 26.5 Å². The van der Waals surface area contributed by atoms with E-state index in [1.54, 1.807) is 20.3 Å². The van der Waals surface area contributed by atoms with E-state index in [1.807, 2.05) is 17.0 Å². The fraction of sp³-hybridized carbons (Fsp3) is 0.316. The smallest absolute Gasteiger partial charge is 0.325 e. The van der Waals surface area contributed by atoms with Gasteiger partial charge in [0.2, 0.25) is 0 Å². The van der Waals surface area contributed by atoms with Gasteiger partial charge in [0, 0.05) is 13.1 Å². The molecule has 3 N–H and O–H groups in total. The summed E-state index contributed by atoms with van der Waals surface area (Å²) in [6, 6.07) is 6.98. The number of carbonyl (C=O) groups is 1. The lowest BCUT2D eigenvalue weighted by molar-refractivity contribution is -0.144. The van der Waals surface area contributed by atoms with Gasteiger partial charge in [0.15, 0.2) is 11.5 Å². The van der Waals surface area contributed by atoms with Gasteiger partial charge in [0.25, 0.3) is 0 Å². The molecule has 1 aliphatic heterocycles. The number of fused-ring (bicyclic) bond motifs is 1. The zero-order chi connectivity index (χ0) is 18.8. The Morgan fingerprint density at radius 3 is 2.42 bits per heavy atom. The molecule has 0 aromatic heterocycles. The molecule has 0 spiro atoms. The summed E-state index contributed by atoms with van der Waals surface area (Å²) >= 11 is 0. The number of hydrogen-bond acceptors (Lipinski definition) is 5. The van der Waals surface area contributed by atoms with Gasteiger partial charge in [-0.05, 0) is 47.4 Å². The quantitative estimate of drug-likeness (QED) is 0.798. The first-order chi connectivity index (χ1) is 12.4. The molecular weight excluding hydrogens is 339 g/mol. The average molecular weight is 360 g/mol. The first kappa shape index (κ1) is 18.0. The Hall–Kier alpha value is -2.80. The van der Waals surface area contributed by atoms with Crippen LogP contribution in [0.25, 0.3) is 0 Å². The molecule has 2 aromatic rings. The standard InChI is InChI=1S/C19H21FN2O4/c1-25-16-8-11-5-6-22(10-13(11)9-17(16)26-2)18(19(23)24)12-3-4-15(21)14(20)7-12/h3-4,7-9,18H,5-6,10,21H2,1-2H3,(H,23,24). The maximum Gasteiger partial charge on any atom is 0.325 e. The summed E-state index contributed by atoms with van der Waals surface area (Å²) in [5.41, 5.74) is 7.93. The fourth-order valence-corrected chi connectivity index (χ4v) is 3.35. The number of nitrogen functional groups attached to an aromatic ring is 1. The second-order valence-electron chi connectivity index (χ2n) is 6.22. The number of rotatable bonds is 5. The Morgan fingerprint density at radius 2 is 1.85 bits per heavy atom. The van der Waals surface area contributed by atoms with Crippen LogP contribution in [-0.2, 0) is 17.8 Å². The van der Waals surface area contributed by atoms with E-state index in [2.05, 4.69) is 0 Å². The SMILES string of the molecule is COc1cc2c(cc1OC)CN(C(C(=O)O)c1ccc(N)c(F)c1)CC2. The van der Waals surface area contributed by atoms with Gasteiger partial charge in [0.1, 0.15) is 11.9 Å². The highest BCUT2D eigenvalue weighted by Gasteiger charge is 2.31. The number of nitrogens with zero attached hydrogens (tertiary/aromatic N) is 1. The molecule has 0 saturated carbocycles. The van der Waals surface area contributed by atoms with E-state index in [4.69, 9.17) is 15.2 Å². The Labute approximate surface area is 150 Å². The summed E-state index contributed by atoms with van der Waals surface area (Å²) < 4.78 is 24.5. The van der Waals surface area contributed by atoms with Gasteiger partial charge in [-0.15, -0.1) is 0 Å². The van der Waals surface area contributed by atoms with Crippen molar-refractivity contribution < 1.29 is 23.8 Å².